The smallest absolute Gasteiger partial charge is 0.0802 e. The number of hydrogen-bond acceptors (Lipinski definition) is 3. The molecule has 0 saturated carbocycles. The van der Waals surface area contributed by atoms with Gasteiger partial charge in [0.15, 0.2) is 0 Å². The monoisotopic (exact) mass is 350 g/mol. The third kappa shape index (κ3) is 3.71. The first-order valence-electron chi connectivity index (χ1n) is 7.55. The van der Waals surface area contributed by atoms with E-state index in [1.54, 1.807) is 0 Å². The summed E-state index contributed by atoms with van der Waals surface area (Å²) >= 11 is 3.63. The summed E-state index contributed by atoms with van der Waals surface area (Å²) in [5, 5.41) is 12.0. The molecule has 0 fully saturated rings. The molecule has 5 heteroatoms. The summed E-state index contributed by atoms with van der Waals surface area (Å²) in [6.07, 6.45) is 4.02. The molecular formula is C16H23BrN4. The molecule has 0 aliphatic heterocycles. The van der Waals surface area contributed by atoms with Crippen LogP contribution in [0.5, 0.6) is 0 Å². The zero-order valence-corrected chi connectivity index (χ0v) is 14.5. The van der Waals surface area contributed by atoms with E-state index in [0.29, 0.717) is 0 Å². The van der Waals surface area contributed by atoms with Gasteiger partial charge in [0.05, 0.1) is 17.9 Å². The van der Waals surface area contributed by atoms with Crippen molar-refractivity contribution in [2.45, 2.75) is 46.2 Å². The van der Waals surface area contributed by atoms with Crippen molar-refractivity contribution in [1.29, 1.82) is 0 Å². The lowest BCUT2D eigenvalue weighted by atomic mass is 9.98. The van der Waals surface area contributed by atoms with Gasteiger partial charge in [-0.25, -0.2) is 4.68 Å². The van der Waals surface area contributed by atoms with Crippen LogP contribution in [-0.4, -0.2) is 21.5 Å². The second-order valence-corrected chi connectivity index (χ2v) is 6.08. The van der Waals surface area contributed by atoms with Crippen LogP contribution in [-0.2, 0) is 6.54 Å². The number of hydrogen-bond donors (Lipinski definition) is 1. The average molecular weight is 351 g/mol. The van der Waals surface area contributed by atoms with Crippen molar-refractivity contribution >= 4 is 15.9 Å². The van der Waals surface area contributed by atoms with Gasteiger partial charge in [0.25, 0.3) is 0 Å². The van der Waals surface area contributed by atoms with E-state index < -0.39 is 0 Å². The molecule has 0 radical (unpaired) electrons. The Morgan fingerprint density at radius 3 is 2.81 bits per heavy atom. The van der Waals surface area contributed by atoms with Crippen LogP contribution >= 0.6 is 15.9 Å². The SMILES string of the molecule is CCCNC(c1cccc(Br)c1C)c1cnnn1CCC. The minimum absolute atomic E-state index is 0.129. The van der Waals surface area contributed by atoms with Gasteiger partial charge in [0.2, 0.25) is 0 Å². The molecule has 1 atom stereocenters. The van der Waals surface area contributed by atoms with E-state index in [4.69, 9.17) is 0 Å². The zero-order chi connectivity index (χ0) is 15.2. The van der Waals surface area contributed by atoms with Gasteiger partial charge in [-0.1, -0.05) is 47.1 Å². The molecule has 0 aliphatic carbocycles. The summed E-state index contributed by atoms with van der Waals surface area (Å²) in [7, 11) is 0. The fourth-order valence-corrected chi connectivity index (χ4v) is 2.86. The van der Waals surface area contributed by atoms with E-state index in [9.17, 15) is 0 Å². The summed E-state index contributed by atoms with van der Waals surface area (Å²) in [5.74, 6) is 0. The highest BCUT2D eigenvalue weighted by atomic mass is 79.9. The van der Waals surface area contributed by atoms with E-state index in [2.05, 4.69) is 70.5 Å². The van der Waals surface area contributed by atoms with Crippen molar-refractivity contribution < 1.29 is 0 Å². The summed E-state index contributed by atoms with van der Waals surface area (Å²) in [4.78, 5) is 0. The molecule has 114 valence electrons. The number of benzene rings is 1. The molecule has 21 heavy (non-hydrogen) atoms. The van der Waals surface area contributed by atoms with E-state index >= 15 is 0 Å². The highest BCUT2D eigenvalue weighted by molar-refractivity contribution is 9.10. The second kappa shape index (κ2) is 7.71. The van der Waals surface area contributed by atoms with Crippen LogP contribution in [0, 0.1) is 6.92 Å². The zero-order valence-electron chi connectivity index (χ0n) is 12.9. The Hall–Kier alpha value is -1.20. The fraction of sp³-hybridized carbons (Fsp3) is 0.500. The predicted molar refractivity (Wildman–Crippen MR) is 89.3 cm³/mol. The molecule has 2 rings (SSSR count). The summed E-state index contributed by atoms with van der Waals surface area (Å²) < 4.78 is 3.14. The highest BCUT2D eigenvalue weighted by Gasteiger charge is 2.20. The Morgan fingerprint density at radius 1 is 1.29 bits per heavy atom. The quantitative estimate of drug-likeness (QED) is 0.824. The number of aryl methyl sites for hydroxylation is 1. The number of aromatic nitrogens is 3. The summed E-state index contributed by atoms with van der Waals surface area (Å²) in [6.45, 7) is 8.35. The van der Waals surface area contributed by atoms with Crippen LogP contribution in [0.15, 0.2) is 28.9 Å². The van der Waals surface area contributed by atoms with Gasteiger partial charge >= 0.3 is 0 Å². The van der Waals surface area contributed by atoms with E-state index in [1.165, 1.54) is 11.1 Å². The van der Waals surface area contributed by atoms with Crippen molar-refractivity contribution in [2.75, 3.05) is 6.54 Å². The van der Waals surface area contributed by atoms with Gasteiger partial charge in [-0.15, -0.1) is 5.10 Å². The molecule has 0 aliphatic rings. The largest absolute Gasteiger partial charge is 0.305 e. The Kier molecular flexibility index (Phi) is 5.94. The number of nitrogens with one attached hydrogen (secondary N) is 1. The van der Waals surface area contributed by atoms with Crippen LogP contribution in [0.2, 0.25) is 0 Å². The van der Waals surface area contributed by atoms with Gasteiger partial charge in [-0.05, 0) is 43.5 Å². The lowest BCUT2D eigenvalue weighted by Crippen LogP contribution is -2.26. The Balaban J connectivity index is 2.42. The lowest BCUT2D eigenvalue weighted by molar-refractivity contribution is 0.503. The molecule has 0 spiro atoms. The topological polar surface area (TPSA) is 42.7 Å². The summed E-state index contributed by atoms with van der Waals surface area (Å²) in [6, 6.07) is 6.47. The maximum Gasteiger partial charge on any atom is 0.0802 e. The van der Waals surface area contributed by atoms with Crippen LogP contribution in [0.3, 0.4) is 0 Å². The second-order valence-electron chi connectivity index (χ2n) is 5.22. The lowest BCUT2D eigenvalue weighted by Gasteiger charge is -2.22. The van der Waals surface area contributed by atoms with Crippen molar-refractivity contribution in [3.8, 4) is 0 Å². The first kappa shape index (κ1) is 16.2. The summed E-state index contributed by atoms with van der Waals surface area (Å²) in [5.41, 5.74) is 3.67. The molecule has 0 bridgehead atoms. The van der Waals surface area contributed by atoms with Gasteiger partial charge in [-0.3, -0.25) is 0 Å². The Morgan fingerprint density at radius 2 is 2.10 bits per heavy atom. The van der Waals surface area contributed by atoms with Crippen LogP contribution in [0.4, 0.5) is 0 Å². The maximum atomic E-state index is 4.23. The van der Waals surface area contributed by atoms with Crippen LogP contribution in [0.25, 0.3) is 0 Å². The average Bonchev–Trinajstić information content (AvgIpc) is 2.92. The number of halogens is 1. The van der Waals surface area contributed by atoms with Gasteiger partial charge in [0.1, 0.15) is 0 Å². The van der Waals surface area contributed by atoms with Crippen molar-refractivity contribution in [3.63, 3.8) is 0 Å². The molecule has 1 N–H and O–H groups in total. The minimum Gasteiger partial charge on any atom is -0.305 e. The first-order valence-corrected chi connectivity index (χ1v) is 8.35. The molecule has 1 heterocycles. The predicted octanol–water partition coefficient (Wildman–Crippen LogP) is 3.85. The van der Waals surface area contributed by atoms with Gasteiger partial charge in [0, 0.05) is 11.0 Å². The maximum absolute atomic E-state index is 4.23. The molecule has 1 unspecified atom stereocenters. The van der Waals surface area contributed by atoms with E-state index in [-0.39, 0.29) is 6.04 Å². The molecule has 4 nitrogen and oxygen atoms in total. The van der Waals surface area contributed by atoms with Crippen molar-refractivity contribution in [2.24, 2.45) is 0 Å². The van der Waals surface area contributed by atoms with Crippen molar-refractivity contribution in [1.82, 2.24) is 20.3 Å². The minimum atomic E-state index is 0.129. The Labute approximate surface area is 135 Å². The molecule has 1 aromatic carbocycles. The third-order valence-corrected chi connectivity index (χ3v) is 4.46. The third-order valence-electron chi connectivity index (χ3n) is 3.60. The number of nitrogens with zero attached hydrogens (tertiary/aromatic N) is 3. The molecule has 1 aromatic heterocycles. The molecular weight excluding hydrogens is 328 g/mol. The molecule has 0 amide bonds. The van der Waals surface area contributed by atoms with Crippen LogP contribution < -0.4 is 5.32 Å². The fourth-order valence-electron chi connectivity index (χ4n) is 2.47. The first-order chi connectivity index (χ1) is 10.2. The van der Waals surface area contributed by atoms with Crippen molar-refractivity contribution in [3.05, 3.63) is 45.7 Å². The van der Waals surface area contributed by atoms with E-state index in [0.717, 1.165) is 36.1 Å². The number of rotatable bonds is 7. The molecule has 0 saturated heterocycles. The van der Waals surface area contributed by atoms with Gasteiger partial charge < -0.3 is 5.32 Å². The van der Waals surface area contributed by atoms with Crippen LogP contribution in [0.1, 0.15) is 49.6 Å². The van der Waals surface area contributed by atoms with E-state index in [1.807, 2.05) is 10.9 Å². The van der Waals surface area contributed by atoms with Gasteiger partial charge in [-0.2, -0.15) is 0 Å². The standard InChI is InChI=1S/C16H23BrN4/c1-4-9-18-16(13-7-6-8-14(17)12(13)3)15-11-19-20-21(15)10-5-2/h6-8,11,16,18H,4-5,9-10H2,1-3H3. The Bertz CT molecular complexity index is 579. The molecule has 2 aromatic rings. The highest BCUT2D eigenvalue weighted by Crippen LogP contribution is 2.28. The normalized spacial score (nSPS) is 12.6.